The van der Waals surface area contributed by atoms with Crippen molar-refractivity contribution in [3.63, 3.8) is 0 Å². The number of aromatic nitrogens is 1. The third-order valence-corrected chi connectivity index (χ3v) is 2.39. The Labute approximate surface area is 104 Å². The van der Waals surface area contributed by atoms with Gasteiger partial charge in [0, 0.05) is 19.6 Å². The van der Waals surface area contributed by atoms with Crippen LogP contribution < -0.4 is 10.2 Å². The summed E-state index contributed by atoms with van der Waals surface area (Å²) in [5.74, 6) is 0. The van der Waals surface area contributed by atoms with Crippen molar-refractivity contribution in [3.8, 4) is 0 Å². The molecule has 1 heterocycles. The fourth-order valence-electron chi connectivity index (χ4n) is 1.61. The fraction of sp³-hybridized carbons (Fsp3) is 0.615. The molecule has 1 rings (SSSR count). The molecule has 1 N–H and O–H groups in total. The van der Waals surface area contributed by atoms with E-state index in [1.165, 1.54) is 0 Å². The van der Waals surface area contributed by atoms with Crippen molar-refractivity contribution in [1.29, 1.82) is 0 Å². The monoisotopic (exact) mass is 237 g/mol. The summed E-state index contributed by atoms with van der Waals surface area (Å²) >= 11 is 0. The Morgan fingerprint density at radius 3 is 2.94 bits per heavy atom. The van der Waals surface area contributed by atoms with Gasteiger partial charge in [-0.2, -0.15) is 4.98 Å². The lowest BCUT2D eigenvalue weighted by Crippen LogP contribution is -2.24. The second-order valence-corrected chi connectivity index (χ2v) is 4.03. The Morgan fingerprint density at radius 2 is 2.29 bits per heavy atom. The summed E-state index contributed by atoms with van der Waals surface area (Å²) in [6, 6.07) is 0.694. The van der Waals surface area contributed by atoms with Crippen LogP contribution in [-0.4, -0.2) is 24.6 Å². The molecule has 1 aromatic rings. The normalized spacial score (nSPS) is 10.5. The molecular weight excluding hydrogens is 214 g/mol. The van der Waals surface area contributed by atoms with Gasteiger partial charge in [0.15, 0.2) is 0 Å². The summed E-state index contributed by atoms with van der Waals surface area (Å²) in [7, 11) is 0. The molecule has 0 radical (unpaired) electrons. The average Bonchev–Trinajstić information content (AvgIpc) is 2.78. The van der Waals surface area contributed by atoms with Gasteiger partial charge in [-0.05, 0) is 19.4 Å². The molecule has 0 aliphatic heterocycles. The molecule has 0 spiro atoms. The van der Waals surface area contributed by atoms with Crippen molar-refractivity contribution in [1.82, 2.24) is 10.3 Å². The summed E-state index contributed by atoms with van der Waals surface area (Å²) in [5, 5.41) is 3.31. The molecular formula is C13H23N3O. The minimum atomic E-state index is 0.694. The zero-order chi connectivity index (χ0) is 12.5. The Bertz CT molecular complexity index is 322. The second-order valence-electron chi connectivity index (χ2n) is 4.03. The minimum absolute atomic E-state index is 0.694. The van der Waals surface area contributed by atoms with Gasteiger partial charge in [0.25, 0.3) is 6.01 Å². The number of nitrogens with zero attached hydrogens (tertiary/aromatic N) is 2. The quantitative estimate of drug-likeness (QED) is 0.529. The maximum Gasteiger partial charge on any atom is 0.297 e. The lowest BCUT2D eigenvalue weighted by molar-refractivity contribution is 0.536. The number of hydrogen-bond acceptors (Lipinski definition) is 4. The molecule has 0 saturated heterocycles. The molecule has 0 aliphatic carbocycles. The van der Waals surface area contributed by atoms with E-state index in [4.69, 9.17) is 4.42 Å². The average molecular weight is 237 g/mol. The smallest absolute Gasteiger partial charge is 0.297 e. The first-order chi connectivity index (χ1) is 8.31. The van der Waals surface area contributed by atoms with Crippen molar-refractivity contribution in [2.24, 2.45) is 0 Å². The highest BCUT2D eigenvalue weighted by atomic mass is 16.4. The largest absolute Gasteiger partial charge is 0.432 e. The van der Waals surface area contributed by atoms with Crippen LogP contribution in [-0.2, 0) is 6.54 Å². The molecule has 0 saturated carbocycles. The highest BCUT2D eigenvalue weighted by Crippen LogP contribution is 2.13. The van der Waals surface area contributed by atoms with Crippen molar-refractivity contribution in [2.75, 3.05) is 24.5 Å². The minimum Gasteiger partial charge on any atom is -0.432 e. The summed E-state index contributed by atoms with van der Waals surface area (Å²) in [6.45, 7) is 11.5. The van der Waals surface area contributed by atoms with Gasteiger partial charge in [-0.3, -0.25) is 0 Å². The second kappa shape index (κ2) is 7.90. The van der Waals surface area contributed by atoms with Gasteiger partial charge in [0.2, 0.25) is 0 Å². The maximum atomic E-state index is 5.49. The van der Waals surface area contributed by atoms with Crippen LogP contribution in [0.1, 0.15) is 32.4 Å². The van der Waals surface area contributed by atoms with Crippen molar-refractivity contribution in [2.45, 2.75) is 33.2 Å². The molecule has 4 nitrogen and oxygen atoms in total. The van der Waals surface area contributed by atoms with E-state index >= 15 is 0 Å². The van der Waals surface area contributed by atoms with Crippen LogP contribution in [0.4, 0.5) is 6.01 Å². The summed E-state index contributed by atoms with van der Waals surface area (Å²) < 4.78 is 5.49. The van der Waals surface area contributed by atoms with Crippen LogP contribution in [0.2, 0.25) is 0 Å². The van der Waals surface area contributed by atoms with E-state index in [9.17, 15) is 0 Å². The van der Waals surface area contributed by atoms with Gasteiger partial charge in [-0.25, -0.2) is 0 Å². The van der Waals surface area contributed by atoms with Crippen LogP contribution in [0, 0.1) is 0 Å². The van der Waals surface area contributed by atoms with Gasteiger partial charge in [-0.15, -0.1) is 6.58 Å². The Kier molecular flexibility index (Phi) is 6.40. The third kappa shape index (κ3) is 4.61. The van der Waals surface area contributed by atoms with Crippen molar-refractivity contribution in [3.05, 3.63) is 24.6 Å². The van der Waals surface area contributed by atoms with E-state index < -0.39 is 0 Å². The van der Waals surface area contributed by atoms with Gasteiger partial charge in [-0.1, -0.05) is 19.9 Å². The number of nitrogens with one attached hydrogen (secondary N) is 1. The summed E-state index contributed by atoms with van der Waals surface area (Å²) in [6.07, 6.45) is 5.79. The number of anilines is 1. The van der Waals surface area contributed by atoms with Gasteiger partial charge < -0.3 is 14.6 Å². The number of oxazole rings is 1. The van der Waals surface area contributed by atoms with E-state index in [0.29, 0.717) is 6.01 Å². The van der Waals surface area contributed by atoms with Crippen molar-refractivity contribution >= 4 is 6.01 Å². The lowest BCUT2D eigenvalue weighted by atomic mass is 10.4. The van der Waals surface area contributed by atoms with E-state index in [-0.39, 0.29) is 0 Å². The van der Waals surface area contributed by atoms with Crippen LogP contribution in [0.3, 0.4) is 0 Å². The Morgan fingerprint density at radius 1 is 1.47 bits per heavy atom. The first kappa shape index (κ1) is 13.8. The molecule has 0 fully saturated rings. The molecule has 0 unspecified atom stereocenters. The van der Waals surface area contributed by atoms with Crippen molar-refractivity contribution < 1.29 is 4.42 Å². The van der Waals surface area contributed by atoms with E-state index in [1.807, 2.05) is 6.08 Å². The first-order valence-electron chi connectivity index (χ1n) is 6.32. The highest BCUT2D eigenvalue weighted by molar-refractivity contribution is 5.28. The lowest BCUT2D eigenvalue weighted by Gasteiger charge is -2.17. The Balaban J connectivity index is 2.54. The van der Waals surface area contributed by atoms with Crippen LogP contribution in [0.25, 0.3) is 0 Å². The predicted octanol–water partition coefficient (Wildman–Crippen LogP) is 2.58. The molecule has 4 heteroatoms. The number of hydrogen-bond donors (Lipinski definition) is 1. The predicted molar refractivity (Wildman–Crippen MR) is 71.2 cm³/mol. The summed E-state index contributed by atoms with van der Waals surface area (Å²) in [5.41, 5.74) is 0.957. The molecule has 0 aliphatic rings. The SMILES string of the molecule is C=CCN(CCC)c1nc(CNCCC)co1. The van der Waals surface area contributed by atoms with Gasteiger partial charge in [0.1, 0.15) is 6.26 Å². The molecule has 17 heavy (non-hydrogen) atoms. The molecule has 0 atom stereocenters. The Hall–Kier alpha value is -1.29. The molecule has 0 amide bonds. The van der Waals surface area contributed by atoms with E-state index in [0.717, 1.165) is 44.7 Å². The standard InChI is InChI=1S/C13H23N3O/c1-4-7-14-10-12-11-17-13(15-12)16(8-5-2)9-6-3/h5,11,14H,2,4,6-10H2,1,3H3. The molecule has 0 bridgehead atoms. The van der Waals surface area contributed by atoms with Gasteiger partial charge in [0.05, 0.1) is 5.69 Å². The topological polar surface area (TPSA) is 41.3 Å². The first-order valence-corrected chi connectivity index (χ1v) is 6.32. The third-order valence-electron chi connectivity index (χ3n) is 2.39. The zero-order valence-electron chi connectivity index (χ0n) is 10.9. The maximum absolute atomic E-state index is 5.49. The molecule has 1 aromatic heterocycles. The van der Waals surface area contributed by atoms with Crippen LogP contribution in [0.5, 0.6) is 0 Å². The van der Waals surface area contributed by atoms with E-state index in [1.54, 1.807) is 6.26 Å². The van der Waals surface area contributed by atoms with Crippen LogP contribution >= 0.6 is 0 Å². The van der Waals surface area contributed by atoms with Gasteiger partial charge >= 0.3 is 0 Å². The highest BCUT2D eigenvalue weighted by Gasteiger charge is 2.10. The molecule has 0 aromatic carbocycles. The summed E-state index contributed by atoms with van der Waals surface area (Å²) in [4.78, 5) is 6.56. The number of rotatable bonds is 9. The fourth-order valence-corrected chi connectivity index (χ4v) is 1.61. The zero-order valence-corrected chi connectivity index (χ0v) is 10.9. The van der Waals surface area contributed by atoms with Crippen LogP contribution in [0.15, 0.2) is 23.3 Å². The van der Waals surface area contributed by atoms with E-state index in [2.05, 4.69) is 35.6 Å². The molecule has 96 valence electrons.